The lowest BCUT2D eigenvalue weighted by Crippen LogP contribution is -2.54. The maximum atomic E-state index is 12.0. The summed E-state index contributed by atoms with van der Waals surface area (Å²) in [4.78, 5) is 23.2. The number of ether oxygens (including phenoxy) is 1. The second kappa shape index (κ2) is 6.02. The smallest absolute Gasteiger partial charge is 0.408 e. The van der Waals surface area contributed by atoms with Crippen LogP contribution < -0.4 is 5.32 Å². The molecule has 1 amide bonds. The molecule has 1 fully saturated rings. The van der Waals surface area contributed by atoms with E-state index in [0.717, 1.165) is 6.42 Å². The standard InChI is InChI=1S/C15H27NO4/c1-10-6-11(2)8-15(7-10,9-12(17)18)16-13(19)20-14(3,4)5/h10-11H,6-9H2,1-5H3,(H,16,19)(H,17,18). The lowest BCUT2D eigenvalue weighted by Gasteiger charge is -2.42. The molecule has 2 atom stereocenters. The third kappa shape index (κ3) is 5.39. The molecule has 1 rings (SSSR count). The van der Waals surface area contributed by atoms with E-state index in [2.05, 4.69) is 19.2 Å². The SMILES string of the molecule is CC1CC(C)CC(CC(=O)O)(NC(=O)OC(C)(C)C)C1. The normalized spacial score (nSPS) is 30.6. The second-order valence-corrected chi connectivity index (χ2v) is 7.33. The summed E-state index contributed by atoms with van der Waals surface area (Å²) in [5.74, 6) is -0.0940. The third-order valence-electron chi connectivity index (χ3n) is 3.54. The summed E-state index contributed by atoms with van der Waals surface area (Å²) in [5.41, 5.74) is -1.27. The van der Waals surface area contributed by atoms with Crippen LogP contribution in [0.3, 0.4) is 0 Å². The summed E-state index contributed by atoms with van der Waals surface area (Å²) in [7, 11) is 0. The molecule has 0 radical (unpaired) electrons. The van der Waals surface area contributed by atoms with Gasteiger partial charge in [0.05, 0.1) is 12.0 Å². The van der Waals surface area contributed by atoms with E-state index in [4.69, 9.17) is 9.84 Å². The zero-order chi connectivity index (χ0) is 15.6. The molecule has 0 aromatic carbocycles. The molecule has 1 saturated carbocycles. The van der Waals surface area contributed by atoms with Gasteiger partial charge in [-0.1, -0.05) is 13.8 Å². The number of amides is 1. The van der Waals surface area contributed by atoms with Gasteiger partial charge in [-0.3, -0.25) is 4.79 Å². The molecular formula is C15H27NO4. The van der Waals surface area contributed by atoms with E-state index in [1.165, 1.54) is 0 Å². The molecule has 0 aromatic rings. The number of hydrogen-bond donors (Lipinski definition) is 2. The fourth-order valence-corrected chi connectivity index (χ4v) is 3.37. The second-order valence-electron chi connectivity index (χ2n) is 7.33. The van der Waals surface area contributed by atoms with E-state index >= 15 is 0 Å². The summed E-state index contributed by atoms with van der Waals surface area (Å²) in [6.07, 6.45) is 1.85. The summed E-state index contributed by atoms with van der Waals surface area (Å²) in [5, 5.41) is 12.0. The van der Waals surface area contributed by atoms with Crippen molar-refractivity contribution in [1.29, 1.82) is 0 Å². The number of carbonyl (C=O) groups excluding carboxylic acids is 1. The zero-order valence-corrected chi connectivity index (χ0v) is 13.2. The van der Waals surface area contributed by atoms with Gasteiger partial charge in [-0.05, 0) is 51.9 Å². The van der Waals surface area contributed by atoms with E-state index in [0.29, 0.717) is 24.7 Å². The first-order chi connectivity index (χ1) is 9.01. The molecule has 2 N–H and O–H groups in total. The number of nitrogens with one attached hydrogen (secondary N) is 1. The number of hydrogen-bond acceptors (Lipinski definition) is 3. The molecule has 0 saturated heterocycles. The minimum Gasteiger partial charge on any atom is -0.481 e. The molecule has 5 nitrogen and oxygen atoms in total. The highest BCUT2D eigenvalue weighted by molar-refractivity contribution is 5.73. The molecule has 5 heteroatoms. The van der Waals surface area contributed by atoms with Crippen LogP contribution in [-0.4, -0.2) is 28.3 Å². The minimum absolute atomic E-state index is 0.0546. The average molecular weight is 285 g/mol. The average Bonchev–Trinajstić information content (AvgIpc) is 2.08. The van der Waals surface area contributed by atoms with Gasteiger partial charge in [0.25, 0.3) is 0 Å². The van der Waals surface area contributed by atoms with Gasteiger partial charge in [0.2, 0.25) is 0 Å². The number of aliphatic carboxylic acids is 1. The van der Waals surface area contributed by atoms with Crippen LogP contribution in [0.15, 0.2) is 0 Å². The summed E-state index contributed by atoms with van der Waals surface area (Å²) >= 11 is 0. The number of rotatable bonds is 3. The quantitative estimate of drug-likeness (QED) is 0.835. The van der Waals surface area contributed by atoms with Gasteiger partial charge < -0.3 is 15.2 Å². The summed E-state index contributed by atoms with van der Waals surface area (Å²) in [6, 6.07) is 0. The molecule has 116 valence electrons. The number of carbonyl (C=O) groups is 2. The van der Waals surface area contributed by atoms with Crippen molar-refractivity contribution in [2.75, 3.05) is 0 Å². The van der Waals surface area contributed by atoms with Crippen LogP contribution in [0.2, 0.25) is 0 Å². The topological polar surface area (TPSA) is 75.6 Å². The highest BCUT2D eigenvalue weighted by Crippen LogP contribution is 2.38. The Morgan fingerprint density at radius 1 is 1.25 bits per heavy atom. The lowest BCUT2D eigenvalue weighted by atomic mass is 9.70. The Morgan fingerprint density at radius 3 is 2.15 bits per heavy atom. The fourth-order valence-electron chi connectivity index (χ4n) is 3.37. The van der Waals surface area contributed by atoms with E-state index in [-0.39, 0.29) is 6.42 Å². The Kier molecular flexibility index (Phi) is 5.05. The maximum Gasteiger partial charge on any atom is 0.408 e. The van der Waals surface area contributed by atoms with Gasteiger partial charge in [-0.2, -0.15) is 0 Å². The molecule has 1 aliphatic rings. The van der Waals surface area contributed by atoms with Crippen molar-refractivity contribution >= 4 is 12.1 Å². The van der Waals surface area contributed by atoms with Gasteiger partial charge in [-0.15, -0.1) is 0 Å². The largest absolute Gasteiger partial charge is 0.481 e. The first-order valence-corrected chi connectivity index (χ1v) is 7.24. The molecular weight excluding hydrogens is 258 g/mol. The van der Waals surface area contributed by atoms with Crippen molar-refractivity contribution in [3.05, 3.63) is 0 Å². The van der Waals surface area contributed by atoms with Crippen molar-refractivity contribution in [3.8, 4) is 0 Å². The van der Waals surface area contributed by atoms with Crippen molar-refractivity contribution in [1.82, 2.24) is 5.32 Å². The van der Waals surface area contributed by atoms with Gasteiger partial charge in [0.15, 0.2) is 0 Å². The van der Waals surface area contributed by atoms with Crippen LogP contribution in [0.5, 0.6) is 0 Å². The molecule has 0 heterocycles. The Labute approximate surface area is 121 Å². The van der Waals surface area contributed by atoms with Crippen LogP contribution in [0.4, 0.5) is 4.79 Å². The number of alkyl carbamates (subject to hydrolysis) is 1. The predicted octanol–water partition coefficient (Wildman–Crippen LogP) is 3.18. The third-order valence-corrected chi connectivity index (χ3v) is 3.54. The molecule has 2 unspecified atom stereocenters. The lowest BCUT2D eigenvalue weighted by molar-refractivity contribution is -0.139. The predicted molar refractivity (Wildman–Crippen MR) is 76.5 cm³/mol. The first kappa shape index (κ1) is 16.8. The van der Waals surface area contributed by atoms with Crippen LogP contribution in [0.25, 0.3) is 0 Å². The van der Waals surface area contributed by atoms with E-state index in [1.807, 2.05) is 0 Å². The highest BCUT2D eigenvalue weighted by atomic mass is 16.6. The molecule has 0 bridgehead atoms. The van der Waals surface area contributed by atoms with E-state index in [9.17, 15) is 9.59 Å². The summed E-state index contributed by atoms with van der Waals surface area (Å²) in [6.45, 7) is 9.58. The zero-order valence-electron chi connectivity index (χ0n) is 13.2. The fraction of sp³-hybridized carbons (Fsp3) is 0.867. The monoisotopic (exact) mass is 285 g/mol. The molecule has 0 aromatic heterocycles. The Bertz CT molecular complexity index is 363. The molecule has 0 spiro atoms. The highest BCUT2D eigenvalue weighted by Gasteiger charge is 2.41. The Balaban J connectivity index is 2.83. The number of carboxylic acid groups (broad SMARTS) is 1. The van der Waals surface area contributed by atoms with Crippen LogP contribution >= 0.6 is 0 Å². The Morgan fingerprint density at radius 2 is 1.75 bits per heavy atom. The van der Waals surface area contributed by atoms with Crippen molar-refractivity contribution in [3.63, 3.8) is 0 Å². The van der Waals surface area contributed by atoms with Crippen molar-refractivity contribution in [2.24, 2.45) is 11.8 Å². The maximum absolute atomic E-state index is 12.0. The summed E-state index contributed by atoms with van der Waals surface area (Å²) < 4.78 is 5.27. The molecule has 20 heavy (non-hydrogen) atoms. The van der Waals surface area contributed by atoms with Gasteiger partial charge in [0, 0.05) is 0 Å². The van der Waals surface area contributed by atoms with Gasteiger partial charge in [-0.25, -0.2) is 4.79 Å². The van der Waals surface area contributed by atoms with Gasteiger partial charge in [0.1, 0.15) is 5.60 Å². The van der Waals surface area contributed by atoms with Crippen molar-refractivity contribution < 1.29 is 19.4 Å². The molecule has 1 aliphatic carbocycles. The van der Waals surface area contributed by atoms with Crippen molar-refractivity contribution in [2.45, 2.75) is 71.4 Å². The van der Waals surface area contributed by atoms with Crippen LogP contribution in [0.1, 0.15) is 60.3 Å². The number of carboxylic acids is 1. The molecule has 0 aliphatic heterocycles. The van der Waals surface area contributed by atoms with E-state index in [1.54, 1.807) is 20.8 Å². The minimum atomic E-state index is -0.887. The first-order valence-electron chi connectivity index (χ1n) is 7.24. The van der Waals surface area contributed by atoms with Gasteiger partial charge >= 0.3 is 12.1 Å². The van der Waals surface area contributed by atoms with E-state index < -0.39 is 23.2 Å². The van der Waals surface area contributed by atoms with Crippen LogP contribution in [-0.2, 0) is 9.53 Å². The Hall–Kier alpha value is -1.26. The van der Waals surface area contributed by atoms with Crippen LogP contribution in [0, 0.1) is 11.8 Å².